The molecule has 2 aromatic heterocycles. The van der Waals surface area contributed by atoms with Crippen LogP contribution in [0.5, 0.6) is 5.88 Å². The summed E-state index contributed by atoms with van der Waals surface area (Å²) in [5.74, 6) is 0.598. The molecule has 0 saturated carbocycles. The summed E-state index contributed by atoms with van der Waals surface area (Å²) in [6.07, 6.45) is 2.02. The summed E-state index contributed by atoms with van der Waals surface area (Å²) in [4.78, 5) is 9.37. The predicted molar refractivity (Wildman–Crippen MR) is 101 cm³/mol. The molecule has 2 aromatic carbocycles. The van der Waals surface area contributed by atoms with Crippen molar-refractivity contribution in [1.82, 2.24) is 14.5 Å². The van der Waals surface area contributed by atoms with Crippen molar-refractivity contribution in [3.8, 4) is 11.6 Å². The molecular formula is C20H17N3OS. The second-order valence-electron chi connectivity index (χ2n) is 5.54. The summed E-state index contributed by atoms with van der Waals surface area (Å²) in [7, 11) is 0. The number of benzene rings is 2. The summed E-state index contributed by atoms with van der Waals surface area (Å²) in [5.41, 5.74) is 3.83. The van der Waals surface area contributed by atoms with Gasteiger partial charge in [0.15, 0.2) is 10.8 Å². The normalized spacial score (nSPS) is 10.9. The number of ether oxygens (including phenoxy) is 1. The van der Waals surface area contributed by atoms with Crippen LogP contribution in [0.4, 0.5) is 0 Å². The third-order valence-corrected chi connectivity index (χ3v) is 4.51. The number of nitrogens with zero attached hydrogens (tertiary/aromatic N) is 3. The van der Waals surface area contributed by atoms with E-state index in [0.29, 0.717) is 12.5 Å². The second-order valence-corrected chi connectivity index (χ2v) is 6.31. The van der Waals surface area contributed by atoms with Crippen LogP contribution in [-0.4, -0.2) is 20.8 Å². The number of hydrogen-bond donors (Lipinski definition) is 0. The average Bonchev–Trinajstić information content (AvgIpc) is 3.05. The van der Waals surface area contributed by atoms with Gasteiger partial charge in [0.2, 0.25) is 5.88 Å². The third-order valence-electron chi connectivity index (χ3n) is 3.87. The summed E-state index contributed by atoms with van der Waals surface area (Å²) in [6.45, 7) is 0.494. The van der Waals surface area contributed by atoms with Gasteiger partial charge in [-0.1, -0.05) is 60.3 Å². The highest BCUT2D eigenvalue weighted by Crippen LogP contribution is 2.27. The van der Waals surface area contributed by atoms with Gasteiger partial charge in [0.05, 0.1) is 0 Å². The van der Waals surface area contributed by atoms with Crippen molar-refractivity contribution in [2.24, 2.45) is 0 Å². The van der Waals surface area contributed by atoms with Crippen molar-refractivity contribution >= 4 is 22.9 Å². The first kappa shape index (κ1) is 15.7. The third kappa shape index (κ3) is 3.23. The van der Waals surface area contributed by atoms with Gasteiger partial charge >= 0.3 is 0 Å². The van der Waals surface area contributed by atoms with Crippen LogP contribution in [-0.2, 0) is 6.61 Å². The van der Waals surface area contributed by atoms with Crippen LogP contribution >= 0.6 is 11.8 Å². The van der Waals surface area contributed by atoms with E-state index in [4.69, 9.17) is 9.72 Å². The Bertz CT molecular complexity index is 984. The molecule has 0 amide bonds. The first-order valence-corrected chi connectivity index (χ1v) is 9.23. The van der Waals surface area contributed by atoms with Gasteiger partial charge in [0.25, 0.3) is 0 Å². The van der Waals surface area contributed by atoms with Crippen LogP contribution in [0, 0.1) is 0 Å². The number of thioether (sulfide) groups is 1. The number of rotatable bonds is 5. The fourth-order valence-electron chi connectivity index (χ4n) is 2.68. The number of fused-ring (bicyclic) bond motifs is 1. The predicted octanol–water partition coefficient (Wildman–Crippen LogP) is 4.72. The molecular weight excluding hydrogens is 330 g/mol. The maximum atomic E-state index is 5.87. The Balaban J connectivity index is 1.72. The van der Waals surface area contributed by atoms with Gasteiger partial charge < -0.3 is 4.74 Å². The Morgan fingerprint density at radius 2 is 1.60 bits per heavy atom. The van der Waals surface area contributed by atoms with Gasteiger partial charge in [-0.15, -0.1) is 0 Å². The van der Waals surface area contributed by atoms with Crippen molar-refractivity contribution in [2.45, 2.75) is 11.8 Å². The quantitative estimate of drug-likeness (QED) is 0.490. The first-order valence-electron chi connectivity index (χ1n) is 8.01. The summed E-state index contributed by atoms with van der Waals surface area (Å²) in [5, 5.41) is 0.911. The minimum absolute atomic E-state index is 0.494. The summed E-state index contributed by atoms with van der Waals surface area (Å²) in [6, 6.07) is 24.1. The second kappa shape index (κ2) is 6.99. The molecule has 4 rings (SSSR count). The van der Waals surface area contributed by atoms with Crippen molar-refractivity contribution in [2.75, 3.05) is 6.26 Å². The largest absolute Gasteiger partial charge is 0.473 e. The first-order chi connectivity index (χ1) is 12.3. The highest BCUT2D eigenvalue weighted by Gasteiger charge is 2.14. The molecule has 2 heterocycles. The molecule has 0 spiro atoms. The number of imidazole rings is 1. The average molecular weight is 347 g/mol. The van der Waals surface area contributed by atoms with Gasteiger partial charge in [0, 0.05) is 11.8 Å². The smallest absolute Gasteiger partial charge is 0.215 e. The van der Waals surface area contributed by atoms with Crippen molar-refractivity contribution in [3.05, 3.63) is 78.4 Å². The zero-order valence-electron chi connectivity index (χ0n) is 13.8. The van der Waals surface area contributed by atoms with Crippen LogP contribution in [0.2, 0.25) is 0 Å². The fraction of sp³-hybridized carbons (Fsp3) is 0.100. The monoisotopic (exact) mass is 347 g/mol. The fourth-order valence-corrected chi connectivity index (χ4v) is 3.24. The van der Waals surface area contributed by atoms with Gasteiger partial charge in [-0.25, -0.2) is 4.98 Å². The van der Waals surface area contributed by atoms with Crippen LogP contribution in [0.1, 0.15) is 5.56 Å². The molecule has 0 aliphatic carbocycles. The number of hydrogen-bond acceptors (Lipinski definition) is 4. The summed E-state index contributed by atoms with van der Waals surface area (Å²) >= 11 is 1.60. The Morgan fingerprint density at radius 1 is 0.880 bits per heavy atom. The zero-order chi connectivity index (χ0) is 17.1. The number of para-hydroxylation sites is 1. The lowest BCUT2D eigenvalue weighted by Crippen LogP contribution is -2.00. The van der Waals surface area contributed by atoms with E-state index in [0.717, 1.165) is 27.6 Å². The van der Waals surface area contributed by atoms with Crippen molar-refractivity contribution in [1.29, 1.82) is 0 Å². The lowest BCUT2D eigenvalue weighted by atomic mass is 10.2. The topological polar surface area (TPSA) is 39.9 Å². The van der Waals surface area contributed by atoms with E-state index >= 15 is 0 Å². The lowest BCUT2D eigenvalue weighted by molar-refractivity contribution is 0.295. The highest BCUT2D eigenvalue weighted by atomic mass is 32.2. The van der Waals surface area contributed by atoms with Crippen LogP contribution in [0.15, 0.2) is 78.0 Å². The van der Waals surface area contributed by atoms with Crippen LogP contribution < -0.4 is 4.74 Å². The van der Waals surface area contributed by atoms with Crippen molar-refractivity contribution in [3.63, 3.8) is 0 Å². The van der Waals surface area contributed by atoms with Crippen LogP contribution in [0.25, 0.3) is 16.9 Å². The Hall–Kier alpha value is -2.79. The highest BCUT2D eigenvalue weighted by molar-refractivity contribution is 7.98. The van der Waals surface area contributed by atoms with E-state index < -0.39 is 0 Å². The van der Waals surface area contributed by atoms with E-state index in [-0.39, 0.29) is 0 Å². The Kier molecular flexibility index (Phi) is 4.39. The molecule has 0 bridgehead atoms. The standard InChI is InChI=1S/C20H17N3OS/c1-25-20-21-17-12-13-18(24-14-15-8-4-2-5-9-15)22-19(17)23(20)16-10-6-3-7-11-16/h2-13H,14H2,1H3. The molecule has 5 heteroatoms. The summed E-state index contributed by atoms with van der Waals surface area (Å²) < 4.78 is 7.94. The number of aromatic nitrogens is 3. The maximum absolute atomic E-state index is 5.87. The molecule has 4 nitrogen and oxygen atoms in total. The van der Waals surface area contributed by atoms with E-state index in [1.54, 1.807) is 11.8 Å². The molecule has 0 radical (unpaired) electrons. The van der Waals surface area contributed by atoms with Gasteiger partial charge in [-0.2, -0.15) is 4.98 Å². The van der Waals surface area contributed by atoms with Crippen molar-refractivity contribution < 1.29 is 4.74 Å². The number of pyridine rings is 1. The van der Waals surface area contributed by atoms with Gasteiger partial charge in [0.1, 0.15) is 12.1 Å². The van der Waals surface area contributed by atoms with E-state index in [1.807, 2.05) is 66.9 Å². The maximum Gasteiger partial charge on any atom is 0.215 e. The minimum atomic E-state index is 0.494. The molecule has 0 saturated heterocycles. The molecule has 0 aliphatic rings. The minimum Gasteiger partial charge on any atom is -0.473 e. The molecule has 0 aliphatic heterocycles. The molecule has 0 atom stereocenters. The van der Waals surface area contributed by atoms with Crippen LogP contribution in [0.3, 0.4) is 0 Å². The molecule has 4 aromatic rings. The van der Waals surface area contributed by atoms with E-state index in [9.17, 15) is 0 Å². The molecule has 0 N–H and O–H groups in total. The Morgan fingerprint density at radius 3 is 2.32 bits per heavy atom. The molecule has 25 heavy (non-hydrogen) atoms. The zero-order valence-corrected chi connectivity index (χ0v) is 14.6. The van der Waals surface area contributed by atoms with E-state index in [1.165, 1.54) is 0 Å². The van der Waals surface area contributed by atoms with E-state index in [2.05, 4.69) is 21.7 Å². The SMILES string of the molecule is CSc1nc2ccc(OCc3ccccc3)nc2n1-c1ccccc1. The molecule has 0 fully saturated rings. The Labute approximate surface area is 150 Å². The van der Waals surface area contributed by atoms with Gasteiger partial charge in [-0.05, 0) is 30.0 Å². The molecule has 124 valence electrons. The van der Waals surface area contributed by atoms with Gasteiger partial charge in [-0.3, -0.25) is 4.57 Å². The molecule has 0 unspecified atom stereocenters. The lowest BCUT2D eigenvalue weighted by Gasteiger charge is -2.08.